The second-order valence-corrected chi connectivity index (χ2v) is 8.14. The minimum Gasteiger partial charge on any atom is -0.496 e. The molecule has 0 heterocycles. The average molecular weight is 517 g/mol. The number of sulfone groups is 1. The van der Waals surface area contributed by atoms with Gasteiger partial charge >= 0.3 is 0 Å². The average Bonchev–Trinajstić information content (AvgIpc) is 2.68. The van der Waals surface area contributed by atoms with Gasteiger partial charge in [-0.1, -0.05) is 36.4 Å². The van der Waals surface area contributed by atoms with E-state index in [2.05, 4.69) is 10.3 Å². The molecule has 0 atom stereocenters. The Kier molecular flexibility index (Phi) is 10.3. The van der Waals surface area contributed by atoms with E-state index < -0.39 is 9.84 Å². The van der Waals surface area contributed by atoms with E-state index in [1.807, 2.05) is 43.1 Å². The van der Waals surface area contributed by atoms with Gasteiger partial charge in [-0.3, -0.25) is 4.99 Å². The Morgan fingerprint density at radius 3 is 2.39 bits per heavy atom. The maximum atomic E-state index is 12.4. The van der Waals surface area contributed by atoms with Crippen molar-refractivity contribution in [3.05, 3.63) is 60.2 Å². The molecule has 2 aromatic rings. The Labute approximate surface area is 184 Å². The third kappa shape index (κ3) is 6.97. The predicted molar refractivity (Wildman–Crippen MR) is 124 cm³/mol. The van der Waals surface area contributed by atoms with Gasteiger partial charge in [0, 0.05) is 25.7 Å². The monoisotopic (exact) mass is 517 g/mol. The molecule has 0 saturated carbocycles. The highest BCUT2D eigenvalue weighted by Gasteiger charge is 2.14. The van der Waals surface area contributed by atoms with E-state index in [1.165, 1.54) is 0 Å². The Morgan fingerprint density at radius 2 is 1.75 bits per heavy atom. The number of nitrogens with zero attached hydrogens (tertiary/aromatic N) is 2. The third-order valence-electron chi connectivity index (χ3n) is 4.02. The molecule has 2 rings (SSSR count). The highest BCUT2D eigenvalue weighted by atomic mass is 127. The molecular formula is C20H28IN3O3S. The summed E-state index contributed by atoms with van der Waals surface area (Å²) in [7, 11) is 0.222. The molecule has 0 spiro atoms. The Hall–Kier alpha value is -1.81. The zero-order valence-corrected chi connectivity index (χ0v) is 19.6. The van der Waals surface area contributed by atoms with E-state index in [0.717, 1.165) is 11.3 Å². The predicted octanol–water partition coefficient (Wildman–Crippen LogP) is 3.18. The fraction of sp³-hybridized carbons (Fsp3) is 0.350. The van der Waals surface area contributed by atoms with Crippen molar-refractivity contribution in [3.63, 3.8) is 0 Å². The summed E-state index contributed by atoms with van der Waals surface area (Å²) >= 11 is 0. The Bertz CT molecular complexity index is 858. The normalized spacial score (nSPS) is 11.5. The van der Waals surface area contributed by atoms with Crippen molar-refractivity contribution in [2.75, 3.05) is 33.0 Å². The van der Waals surface area contributed by atoms with Gasteiger partial charge in [-0.2, -0.15) is 0 Å². The van der Waals surface area contributed by atoms with E-state index in [1.54, 1.807) is 37.4 Å². The zero-order chi connectivity index (χ0) is 19.7. The summed E-state index contributed by atoms with van der Waals surface area (Å²) in [6.45, 7) is 3.46. The Morgan fingerprint density at radius 1 is 1.11 bits per heavy atom. The van der Waals surface area contributed by atoms with Crippen molar-refractivity contribution in [1.29, 1.82) is 0 Å². The van der Waals surface area contributed by atoms with Gasteiger partial charge in [0.1, 0.15) is 5.75 Å². The first-order valence-corrected chi connectivity index (χ1v) is 10.5. The van der Waals surface area contributed by atoms with Gasteiger partial charge in [0.25, 0.3) is 0 Å². The van der Waals surface area contributed by atoms with Crippen LogP contribution in [0.5, 0.6) is 5.75 Å². The maximum Gasteiger partial charge on any atom is 0.193 e. The van der Waals surface area contributed by atoms with Crippen molar-refractivity contribution in [3.8, 4) is 5.75 Å². The molecular weight excluding hydrogens is 489 g/mol. The molecule has 1 N–H and O–H groups in total. The van der Waals surface area contributed by atoms with Gasteiger partial charge in [-0.05, 0) is 25.1 Å². The largest absolute Gasteiger partial charge is 0.496 e. The molecule has 0 bridgehead atoms. The van der Waals surface area contributed by atoms with Crippen LogP contribution in [0.15, 0.2) is 64.5 Å². The van der Waals surface area contributed by atoms with Gasteiger partial charge < -0.3 is 15.0 Å². The maximum absolute atomic E-state index is 12.4. The van der Waals surface area contributed by atoms with Gasteiger partial charge in [0.2, 0.25) is 0 Å². The fourth-order valence-corrected chi connectivity index (χ4v) is 3.79. The topological polar surface area (TPSA) is 71.0 Å². The lowest BCUT2D eigenvalue weighted by atomic mass is 10.2. The number of ether oxygens (including phenoxy) is 1. The lowest BCUT2D eigenvalue weighted by molar-refractivity contribution is 0.396. The molecule has 0 amide bonds. The minimum atomic E-state index is -3.34. The van der Waals surface area contributed by atoms with Crippen molar-refractivity contribution in [2.45, 2.75) is 18.4 Å². The number of hydrogen-bond acceptors (Lipinski definition) is 4. The van der Waals surface area contributed by atoms with Crippen LogP contribution in [-0.2, 0) is 16.4 Å². The van der Waals surface area contributed by atoms with Gasteiger partial charge in [0.15, 0.2) is 15.8 Å². The number of methoxy groups -OCH3 is 1. The molecule has 28 heavy (non-hydrogen) atoms. The summed E-state index contributed by atoms with van der Waals surface area (Å²) in [5.41, 5.74) is 1.03. The standard InChI is InChI=1S/C20H27N3O3S.HI/c1-4-21-20(23(2)16-17-10-8-9-13-19(17)26-3)22-14-15-27(24,25)18-11-6-5-7-12-18;/h5-13H,4,14-16H2,1-3H3,(H,21,22);1H. The van der Waals surface area contributed by atoms with Crippen LogP contribution in [0.1, 0.15) is 12.5 Å². The van der Waals surface area contributed by atoms with Crippen molar-refractivity contribution < 1.29 is 13.2 Å². The fourth-order valence-electron chi connectivity index (χ4n) is 2.65. The van der Waals surface area contributed by atoms with Crippen LogP contribution in [-0.4, -0.2) is 52.3 Å². The van der Waals surface area contributed by atoms with E-state index >= 15 is 0 Å². The zero-order valence-electron chi connectivity index (χ0n) is 16.5. The van der Waals surface area contributed by atoms with Crippen molar-refractivity contribution in [1.82, 2.24) is 10.2 Å². The number of para-hydroxylation sites is 1. The number of hydrogen-bond donors (Lipinski definition) is 1. The summed E-state index contributed by atoms with van der Waals surface area (Å²) in [5, 5.41) is 3.21. The summed E-state index contributed by atoms with van der Waals surface area (Å²) in [5.74, 6) is 1.44. The summed E-state index contributed by atoms with van der Waals surface area (Å²) in [6, 6.07) is 16.3. The molecule has 0 unspecified atom stereocenters. The molecule has 0 aliphatic carbocycles. The van der Waals surface area contributed by atoms with Crippen LogP contribution in [0.2, 0.25) is 0 Å². The lowest BCUT2D eigenvalue weighted by Crippen LogP contribution is -2.38. The molecule has 0 fully saturated rings. The molecule has 2 aromatic carbocycles. The van der Waals surface area contributed by atoms with Gasteiger partial charge in [-0.15, -0.1) is 24.0 Å². The van der Waals surface area contributed by atoms with Gasteiger partial charge in [0.05, 0.1) is 24.3 Å². The second-order valence-electron chi connectivity index (χ2n) is 6.04. The molecule has 6 nitrogen and oxygen atoms in total. The van der Waals surface area contributed by atoms with Crippen LogP contribution >= 0.6 is 24.0 Å². The van der Waals surface area contributed by atoms with Crippen LogP contribution in [0, 0.1) is 0 Å². The van der Waals surface area contributed by atoms with E-state index in [-0.39, 0.29) is 36.3 Å². The minimum absolute atomic E-state index is 0. The number of benzene rings is 2. The molecule has 0 aromatic heterocycles. The van der Waals surface area contributed by atoms with Crippen LogP contribution in [0.3, 0.4) is 0 Å². The number of nitrogens with one attached hydrogen (secondary N) is 1. The number of guanidine groups is 1. The first kappa shape index (κ1) is 24.2. The number of rotatable bonds is 8. The number of aliphatic imine (C=N–C) groups is 1. The molecule has 0 radical (unpaired) electrons. The first-order chi connectivity index (χ1) is 13.0. The quantitative estimate of drug-likeness (QED) is 0.331. The summed E-state index contributed by atoms with van der Waals surface area (Å²) < 4.78 is 30.2. The molecule has 0 aliphatic rings. The smallest absolute Gasteiger partial charge is 0.193 e. The van der Waals surface area contributed by atoms with Crippen molar-refractivity contribution in [2.24, 2.45) is 4.99 Å². The Balaban J connectivity index is 0.00000392. The SMILES string of the molecule is CCNC(=NCCS(=O)(=O)c1ccccc1)N(C)Cc1ccccc1OC.I. The second kappa shape index (κ2) is 11.9. The highest BCUT2D eigenvalue weighted by molar-refractivity contribution is 14.0. The third-order valence-corrected chi connectivity index (χ3v) is 5.73. The lowest BCUT2D eigenvalue weighted by Gasteiger charge is -2.23. The summed E-state index contributed by atoms with van der Waals surface area (Å²) in [4.78, 5) is 6.77. The van der Waals surface area contributed by atoms with E-state index in [0.29, 0.717) is 23.9 Å². The molecule has 8 heteroatoms. The number of halogens is 1. The van der Waals surface area contributed by atoms with Gasteiger partial charge in [-0.25, -0.2) is 8.42 Å². The van der Waals surface area contributed by atoms with Crippen LogP contribution < -0.4 is 10.1 Å². The molecule has 0 saturated heterocycles. The summed E-state index contributed by atoms with van der Waals surface area (Å²) in [6.07, 6.45) is 0. The first-order valence-electron chi connectivity index (χ1n) is 8.87. The van der Waals surface area contributed by atoms with E-state index in [4.69, 9.17) is 4.74 Å². The highest BCUT2D eigenvalue weighted by Crippen LogP contribution is 2.18. The molecule has 154 valence electrons. The van der Waals surface area contributed by atoms with Crippen LogP contribution in [0.25, 0.3) is 0 Å². The van der Waals surface area contributed by atoms with Crippen LogP contribution in [0.4, 0.5) is 0 Å². The molecule has 0 aliphatic heterocycles. The van der Waals surface area contributed by atoms with E-state index in [9.17, 15) is 8.42 Å². The van der Waals surface area contributed by atoms with Crippen molar-refractivity contribution >= 4 is 39.8 Å².